The van der Waals surface area contributed by atoms with Gasteiger partial charge in [0.25, 0.3) is 11.6 Å². The Morgan fingerprint density at radius 3 is 2.89 bits per heavy atom. The Bertz CT molecular complexity index is 614. The van der Waals surface area contributed by atoms with Crippen LogP contribution in [-0.2, 0) is 0 Å². The fourth-order valence-electron chi connectivity index (χ4n) is 1.51. The van der Waals surface area contributed by atoms with Crippen LogP contribution >= 0.6 is 0 Å². The summed E-state index contributed by atoms with van der Waals surface area (Å²) in [6.45, 7) is 1.83. The smallest absolute Gasteiger partial charge is 0.282 e. The molecule has 1 atom stereocenters. The zero-order valence-corrected chi connectivity index (χ0v) is 10.0. The van der Waals surface area contributed by atoms with Crippen molar-refractivity contribution in [1.82, 2.24) is 10.2 Å². The molecule has 1 heterocycles. The maximum absolute atomic E-state index is 13.2. The number of benzene rings is 1. The zero-order valence-electron chi connectivity index (χ0n) is 10.0. The second-order valence-corrected chi connectivity index (χ2v) is 3.88. The Morgan fingerprint density at radius 2 is 2.26 bits per heavy atom. The SMILES string of the molecule is CCC(N)c1nnc(-c2cc(F)ccc2[N+](=O)[O-])o1. The van der Waals surface area contributed by atoms with Gasteiger partial charge in [-0.05, 0) is 18.6 Å². The van der Waals surface area contributed by atoms with E-state index in [1.165, 1.54) is 0 Å². The first-order chi connectivity index (χ1) is 9.02. The van der Waals surface area contributed by atoms with Crippen LogP contribution in [0.3, 0.4) is 0 Å². The predicted octanol–water partition coefficient (Wildman–Crippen LogP) is 2.19. The predicted molar refractivity (Wildman–Crippen MR) is 63.6 cm³/mol. The van der Waals surface area contributed by atoms with Crippen molar-refractivity contribution < 1.29 is 13.7 Å². The summed E-state index contributed by atoms with van der Waals surface area (Å²) in [7, 11) is 0. The molecule has 0 bridgehead atoms. The third kappa shape index (κ3) is 2.58. The van der Waals surface area contributed by atoms with Crippen LogP contribution in [0.5, 0.6) is 0 Å². The van der Waals surface area contributed by atoms with E-state index in [9.17, 15) is 14.5 Å². The van der Waals surface area contributed by atoms with Gasteiger partial charge < -0.3 is 10.2 Å². The summed E-state index contributed by atoms with van der Waals surface area (Å²) in [5.41, 5.74) is 5.34. The quantitative estimate of drug-likeness (QED) is 0.671. The van der Waals surface area contributed by atoms with Gasteiger partial charge in [-0.1, -0.05) is 6.92 Å². The Labute approximate surface area is 107 Å². The van der Waals surface area contributed by atoms with Crippen LogP contribution in [0.15, 0.2) is 22.6 Å². The van der Waals surface area contributed by atoms with Crippen molar-refractivity contribution in [3.63, 3.8) is 0 Å². The van der Waals surface area contributed by atoms with Crippen molar-refractivity contribution in [3.05, 3.63) is 40.0 Å². The molecule has 0 aliphatic rings. The molecule has 0 aliphatic heterocycles. The lowest BCUT2D eigenvalue weighted by atomic mass is 10.2. The van der Waals surface area contributed by atoms with Gasteiger partial charge in [0.2, 0.25) is 5.89 Å². The van der Waals surface area contributed by atoms with Gasteiger partial charge in [0, 0.05) is 6.07 Å². The van der Waals surface area contributed by atoms with Crippen LogP contribution in [0, 0.1) is 15.9 Å². The van der Waals surface area contributed by atoms with Crippen LogP contribution < -0.4 is 5.73 Å². The number of nitrogens with zero attached hydrogens (tertiary/aromatic N) is 3. The number of nitrogens with two attached hydrogens (primary N) is 1. The highest BCUT2D eigenvalue weighted by Gasteiger charge is 2.22. The molecule has 19 heavy (non-hydrogen) atoms. The van der Waals surface area contributed by atoms with Crippen molar-refractivity contribution in [2.45, 2.75) is 19.4 Å². The minimum atomic E-state index is -0.640. The molecule has 0 spiro atoms. The molecule has 7 nitrogen and oxygen atoms in total. The summed E-state index contributed by atoms with van der Waals surface area (Å²) in [4.78, 5) is 10.2. The second kappa shape index (κ2) is 5.11. The first-order valence-electron chi connectivity index (χ1n) is 5.56. The van der Waals surface area contributed by atoms with E-state index in [0.29, 0.717) is 6.42 Å². The van der Waals surface area contributed by atoms with E-state index >= 15 is 0 Å². The molecular formula is C11H11FN4O3. The molecule has 0 saturated carbocycles. The van der Waals surface area contributed by atoms with Gasteiger partial charge in [-0.3, -0.25) is 10.1 Å². The molecule has 0 fully saturated rings. The van der Waals surface area contributed by atoms with E-state index in [1.54, 1.807) is 0 Å². The summed E-state index contributed by atoms with van der Waals surface area (Å²) in [5, 5.41) is 18.3. The van der Waals surface area contributed by atoms with Crippen LogP contribution in [0.4, 0.5) is 10.1 Å². The van der Waals surface area contributed by atoms with E-state index in [1.807, 2.05) is 6.92 Å². The van der Waals surface area contributed by atoms with E-state index in [-0.39, 0.29) is 23.0 Å². The maximum Gasteiger partial charge on any atom is 0.282 e. The molecule has 100 valence electrons. The number of hydrogen-bond donors (Lipinski definition) is 1. The summed E-state index contributed by atoms with van der Waals surface area (Å²) >= 11 is 0. The van der Waals surface area contributed by atoms with Gasteiger partial charge in [0.15, 0.2) is 0 Å². The van der Waals surface area contributed by atoms with Crippen LogP contribution in [0.25, 0.3) is 11.5 Å². The number of aromatic nitrogens is 2. The number of nitro groups is 1. The highest BCUT2D eigenvalue weighted by atomic mass is 19.1. The molecule has 8 heteroatoms. The van der Waals surface area contributed by atoms with Crippen molar-refractivity contribution >= 4 is 5.69 Å². The molecule has 2 rings (SSSR count). The van der Waals surface area contributed by atoms with Crippen molar-refractivity contribution in [1.29, 1.82) is 0 Å². The van der Waals surface area contributed by atoms with Crippen LogP contribution in [0.1, 0.15) is 25.3 Å². The van der Waals surface area contributed by atoms with Gasteiger partial charge in [0.1, 0.15) is 11.4 Å². The van der Waals surface area contributed by atoms with Crippen LogP contribution in [-0.4, -0.2) is 15.1 Å². The minimum absolute atomic E-state index is 0.0629. The summed E-state index contributed by atoms with van der Waals surface area (Å²) in [6, 6.07) is 2.58. The molecule has 0 saturated heterocycles. The minimum Gasteiger partial charge on any atom is -0.419 e. The Hall–Kier alpha value is -2.35. The van der Waals surface area contributed by atoms with Crippen molar-refractivity contribution in [2.75, 3.05) is 0 Å². The van der Waals surface area contributed by atoms with Crippen molar-refractivity contribution in [2.24, 2.45) is 5.73 Å². The number of rotatable bonds is 4. The monoisotopic (exact) mass is 266 g/mol. The highest BCUT2D eigenvalue weighted by Crippen LogP contribution is 2.30. The third-order valence-corrected chi connectivity index (χ3v) is 2.58. The number of nitro benzene ring substituents is 1. The van der Waals surface area contributed by atoms with E-state index in [4.69, 9.17) is 10.2 Å². The van der Waals surface area contributed by atoms with Crippen LogP contribution in [0.2, 0.25) is 0 Å². The lowest BCUT2D eigenvalue weighted by Gasteiger charge is -2.01. The van der Waals surface area contributed by atoms with Gasteiger partial charge >= 0.3 is 0 Å². The molecule has 0 amide bonds. The normalized spacial score (nSPS) is 12.4. The van der Waals surface area contributed by atoms with Gasteiger partial charge in [-0.15, -0.1) is 10.2 Å². The highest BCUT2D eigenvalue weighted by molar-refractivity contribution is 5.66. The van der Waals surface area contributed by atoms with Crippen molar-refractivity contribution in [3.8, 4) is 11.5 Å². The Morgan fingerprint density at radius 1 is 1.53 bits per heavy atom. The summed E-state index contributed by atoms with van der Waals surface area (Å²) in [5.74, 6) is -0.582. The fraction of sp³-hybridized carbons (Fsp3) is 0.273. The molecular weight excluding hydrogens is 255 g/mol. The lowest BCUT2D eigenvalue weighted by Crippen LogP contribution is -2.08. The van der Waals surface area contributed by atoms with Gasteiger partial charge in [0.05, 0.1) is 11.0 Å². The Kier molecular flexibility index (Phi) is 3.52. The van der Waals surface area contributed by atoms with E-state index in [0.717, 1.165) is 18.2 Å². The molecule has 0 aliphatic carbocycles. The second-order valence-electron chi connectivity index (χ2n) is 3.88. The molecule has 0 radical (unpaired) electrons. The average molecular weight is 266 g/mol. The third-order valence-electron chi connectivity index (χ3n) is 2.58. The largest absolute Gasteiger partial charge is 0.419 e. The number of halogens is 1. The topological polar surface area (TPSA) is 108 Å². The lowest BCUT2D eigenvalue weighted by molar-refractivity contribution is -0.384. The standard InChI is InChI=1S/C11H11FN4O3/c1-2-8(13)11-15-14-10(19-11)7-5-6(12)3-4-9(7)16(17)18/h3-5,8H,2,13H2,1H3. The first-order valence-corrected chi connectivity index (χ1v) is 5.56. The van der Waals surface area contributed by atoms with E-state index in [2.05, 4.69) is 10.2 Å². The average Bonchev–Trinajstić information content (AvgIpc) is 2.86. The summed E-state index contributed by atoms with van der Waals surface area (Å²) < 4.78 is 18.4. The number of hydrogen-bond acceptors (Lipinski definition) is 6. The maximum atomic E-state index is 13.2. The fourth-order valence-corrected chi connectivity index (χ4v) is 1.51. The first kappa shape index (κ1) is 13.1. The molecule has 1 aromatic heterocycles. The Balaban J connectivity index is 2.49. The molecule has 1 aromatic carbocycles. The molecule has 2 N–H and O–H groups in total. The molecule has 1 unspecified atom stereocenters. The van der Waals surface area contributed by atoms with Gasteiger partial charge in [-0.25, -0.2) is 4.39 Å². The van der Waals surface area contributed by atoms with Gasteiger partial charge in [-0.2, -0.15) is 0 Å². The summed E-state index contributed by atoms with van der Waals surface area (Å²) in [6.07, 6.45) is 0.576. The zero-order chi connectivity index (χ0) is 14.0. The molecule has 2 aromatic rings. The van der Waals surface area contributed by atoms with E-state index < -0.39 is 16.8 Å².